The minimum atomic E-state index is -0.545. The molecular formula is C20H20N2O4S. The monoisotopic (exact) mass is 384 g/mol. The van der Waals surface area contributed by atoms with E-state index in [0.29, 0.717) is 24.3 Å². The zero-order chi connectivity index (χ0) is 19.1. The van der Waals surface area contributed by atoms with Gasteiger partial charge in [-0.3, -0.25) is 10.1 Å². The summed E-state index contributed by atoms with van der Waals surface area (Å²) >= 11 is 1.65. The Hall–Kier alpha value is -2.93. The molecule has 0 atom stereocenters. The van der Waals surface area contributed by atoms with Crippen LogP contribution in [0.3, 0.4) is 0 Å². The fourth-order valence-corrected chi connectivity index (χ4v) is 3.52. The molecule has 0 unspecified atom stereocenters. The number of esters is 1. The summed E-state index contributed by atoms with van der Waals surface area (Å²) in [4.78, 5) is 28.1. The lowest BCUT2D eigenvalue weighted by molar-refractivity contribution is -0.134. The molecule has 0 aliphatic rings. The number of para-hydroxylation sites is 1. The van der Waals surface area contributed by atoms with Gasteiger partial charge in [0.25, 0.3) is 0 Å². The van der Waals surface area contributed by atoms with E-state index in [-0.39, 0.29) is 12.6 Å². The summed E-state index contributed by atoms with van der Waals surface area (Å²) in [7, 11) is 0. The van der Waals surface area contributed by atoms with E-state index in [2.05, 4.69) is 10.3 Å². The van der Waals surface area contributed by atoms with Crippen molar-refractivity contribution in [3.63, 3.8) is 0 Å². The van der Waals surface area contributed by atoms with E-state index in [1.165, 1.54) is 0 Å². The standard InChI is InChI=1S/C20H20N2O4S/c1-2-25-20(24)21-14-7-5-8-15(13-14)26-19(23)12-6-11-18-22-16-9-3-4-10-17(16)27-18/h3-5,7-10,13H,2,6,11-12H2,1H3,(H,21,24). The molecular weight excluding hydrogens is 364 g/mol. The molecule has 0 radical (unpaired) electrons. The van der Waals surface area contributed by atoms with Crippen LogP contribution in [-0.2, 0) is 16.0 Å². The van der Waals surface area contributed by atoms with Gasteiger partial charge < -0.3 is 9.47 Å². The van der Waals surface area contributed by atoms with E-state index in [1.807, 2.05) is 24.3 Å². The minimum Gasteiger partial charge on any atom is -0.450 e. The minimum absolute atomic E-state index is 0.287. The molecule has 0 aliphatic heterocycles. The van der Waals surface area contributed by atoms with Gasteiger partial charge in [0.2, 0.25) is 0 Å². The molecule has 27 heavy (non-hydrogen) atoms. The third-order valence-electron chi connectivity index (χ3n) is 3.70. The molecule has 0 fully saturated rings. The highest BCUT2D eigenvalue weighted by molar-refractivity contribution is 7.18. The van der Waals surface area contributed by atoms with Gasteiger partial charge in [-0.05, 0) is 44.0 Å². The first kappa shape index (κ1) is 18.8. The van der Waals surface area contributed by atoms with Crippen LogP contribution in [0.4, 0.5) is 10.5 Å². The van der Waals surface area contributed by atoms with Gasteiger partial charge in [0.1, 0.15) is 5.75 Å². The van der Waals surface area contributed by atoms with Crippen LogP contribution < -0.4 is 10.1 Å². The molecule has 1 N–H and O–H groups in total. The number of rotatable bonds is 7. The Kier molecular flexibility index (Phi) is 6.38. The van der Waals surface area contributed by atoms with Gasteiger partial charge in [0.15, 0.2) is 0 Å². The summed E-state index contributed by atoms with van der Waals surface area (Å²) in [5.41, 5.74) is 1.50. The van der Waals surface area contributed by atoms with Gasteiger partial charge in [0, 0.05) is 18.2 Å². The Labute approximate surface area is 161 Å². The number of hydrogen-bond acceptors (Lipinski definition) is 6. The Morgan fingerprint density at radius 3 is 2.81 bits per heavy atom. The van der Waals surface area contributed by atoms with Crippen LogP contribution in [0.5, 0.6) is 5.75 Å². The van der Waals surface area contributed by atoms with Gasteiger partial charge in [-0.25, -0.2) is 9.78 Å². The smallest absolute Gasteiger partial charge is 0.411 e. The van der Waals surface area contributed by atoms with Gasteiger partial charge in [-0.2, -0.15) is 0 Å². The van der Waals surface area contributed by atoms with Crippen molar-refractivity contribution in [3.8, 4) is 5.75 Å². The summed E-state index contributed by atoms with van der Waals surface area (Å²) in [6.45, 7) is 2.02. The average molecular weight is 384 g/mol. The number of carbonyl (C=O) groups excluding carboxylic acids is 2. The lowest BCUT2D eigenvalue weighted by atomic mass is 10.2. The number of benzene rings is 2. The topological polar surface area (TPSA) is 77.5 Å². The first-order valence-electron chi connectivity index (χ1n) is 8.73. The predicted molar refractivity (Wildman–Crippen MR) is 105 cm³/mol. The van der Waals surface area contributed by atoms with Gasteiger partial charge in [-0.15, -0.1) is 11.3 Å². The van der Waals surface area contributed by atoms with Crippen molar-refractivity contribution in [2.45, 2.75) is 26.2 Å². The van der Waals surface area contributed by atoms with Crippen molar-refractivity contribution in [1.82, 2.24) is 4.98 Å². The second kappa shape index (κ2) is 9.14. The number of aryl methyl sites for hydroxylation is 1. The van der Waals surface area contributed by atoms with Gasteiger partial charge >= 0.3 is 12.1 Å². The largest absolute Gasteiger partial charge is 0.450 e. The molecule has 2 aromatic carbocycles. The van der Waals surface area contributed by atoms with Gasteiger partial charge in [-0.1, -0.05) is 18.2 Å². The number of fused-ring (bicyclic) bond motifs is 1. The average Bonchev–Trinajstić information content (AvgIpc) is 3.05. The third-order valence-corrected chi connectivity index (χ3v) is 4.79. The van der Waals surface area contributed by atoms with Crippen molar-refractivity contribution in [1.29, 1.82) is 0 Å². The summed E-state index contributed by atoms with van der Waals surface area (Å²) in [6, 6.07) is 14.6. The predicted octanol–water partition coefficient (Wildman–Crippen LogP) is 4.79. The molecule has 1 aromatic heterocycles. The summed E-state index contributed by atoms with van der Waals surface area (Å²) in [6.07, 6.45) is 1.15. The number of amides is 1. The lowest BCUT2D eigenvalue weighted by Crippen LogP contribution is -2.13. The molecule has 3 aromatic rings. The number of aromatic nitrogens is 1. The van der Waals surface area contributed by atoms with Crippen molar-refractivity contribution in [3.05, 3.63) is 53.5 Å². The Balaban J connectivity index is 1.48. The number of carbonyl (C=O) groups is 2. The molecule has 0 aliphatic carbocycles. The Morgan fingerprint density at radius 2 is 2.00 bits per heavy atom. The second-order valence-electron chi connectivity index (χ2n) is 5.78. The van der Waals surface area contributed by atoms with Crippen LogP contribution in [0.2, 0.25) is 0 Å². The fraction of sp³-hybridized carbons (Fsp3) is 0.250. The van der Waals surface area contributed by atoms with E-state index in [0.717, 1.165) is 21.6 Å². The SMILES string of the molecule is CCOC(=O)Nc1cccc(OC(=O)CCCc2nc3ccccc3s2)c1. The van der Waals surface area contributed by atoms with Crippen LogP contribution in [0.1, 0.15) is 24.8 Å². The second-order valence-corrected chi connectivity index (χ2v) is 6.89. The Morgan fingerprint density at radius 1 is 1.15 bits per heavy atom. The van der Waals surface area contributed by atoms with Crippen molar-refractivity contribution in [2.24, 2.45) is 0 Å². The fourth-order valence-electron chi connectivity index (χ4n) is 2.52. The van der Waals surface area contributed by atoms with Crippen LogP contribution in [-0.4, -0.2) is 23.7 Å². The number of nitrogens with zero attached hydrogens (tertiary/aromatic N) is 1. The maximum Gasteiger partial charge on any atom is 0.411 e. The number of thiazole rings is 1. The molecule has 0 saturated carbocycles. The molecule has 0 spiro atoms. The number of anilines is 1. The lowest BCUT2D eigenvalue weighted by Gasteiger charge is -2.08. The molecule has 0 saturated heterocycles. The van der Waals surface area contributed by atoms with Gasteiger partial charge in [0.05, 0.1) is 21.8 Å². The number of nitrogens with one attached hydrogen (secondary N) is 1. The number of ether oxygens (including phenoxy) is 2. The molecule has 1 heterocycles. The molecule has 1 amide bonds. The zero-order valence-electron chi connectivity index (χ0n) is 14.9. The molecule has 0 bridgehead atoms. The normalized spacial score (nSPS) is 10.6. The maximum atomic E-state index is 12.1. The highest BCUT2D eigenvalue weighted by Gasteiger charge is 2.09. The quantitative estimate of drug-likeness (QED) is 0.468. The molecule has 7 heteroatoms. The summed E-state index contributed by atoms with van der Waals surface area (Å²) < 4.78 is 11.3. The van der Waals surface area contributed by atoms with E-state index in [1.54, 1.807) is 42.5 Å². The maximum absolute atomic E-state index is 12.1. The number of hydrogen-bond donors (Lipinski definition) is 1. The summed E-state index contributed by atoms with van der Waals surface area (Å²) in [5, 5.41) is 3.59. The molecule has 140 valence electrons. The molecule has 3 rings (SSSR count). The van der Waals surface area contributed by atoms with E-state index < -0.39 is 6.09 Å². The van der Waals surface area contributed by atoms with Crippen molar-refractivity contribution < 1.29 is 19.1 Å². The third kappa shape index (κ3) is 5.52. The first-order valence-corrected chi connectivity index (χ1v) is 9.54. The van der Waals surface area contributed by atoms with E-state index >= 15 is 0 Å². The first-order chi connectivity index (χ1) is 13.1. The van der Waals surface area contributed by atoms with Crippen LogP contribution in [0, 0.1) is 0 Å². The van der Waals surface area contributed by atoms with E-state index in [9.17, 15) is 9.59 Å². The van der Waals surface area contributed by atoms with Crippen molar-refractivity contribution >= 4 is 39.3 Å². The summed E-state index contributed by atoms with van der Waals surface area (Å²) in [5.74, 6) is 0.0682. The van der Waals surface area contributed by atoms with E-state index in [4.69, 9.17) is 9.47 Å². The zero-order valence-corrected chi connectivity index (χ0v) is 15.8. The van der Waals surface area contributed by atoms with Crippen molar-refractivity contribution in [2.75, 3.05) is 11.9 Å². The highest BCUT2D eigenvalue weighted by Crippen LogP contribution is 2.23. The van der Waals surface area contributed by atoms with Crippen LogP contribution in [0.15, 0.2) is 48.5 Å². The molecule has 6 nitrogen and oxygen atoms in total. The highest BCUT2D eigenvalue weighted by atomic mass is 32.1. The Bertz CT molecular complexity index is 905. The van der Waals surface area contributed by atoms with Crippen LogP contribution >= 0.6 is 11.3 Å². The van der Waals surface area contributed by atoms with Crippen LogP contribution in [0.25, 0.3) is 10.2 Å².